The molecule has 0 fully saturated rings. The van der Waals surface area contributed by atoms with Crippen LogP contribution < -0.4 is 4.90 Å². The summed E-state index contributed by atoms with van der Waals surface area (Å²) in [6, 6.07) is 3.10. The average Bonchev–Trinajstić information content (AvgIpc) is 2.33. The summed E-state index contributed by atoms with van der Waals surface area (Å²) in [7, 11) is 3.61. The number of likely N-dealkylation sites (N-methyl/N-ethyl adjacent to an activating group) is 1. The lowest BCUT2D eigenvalue weighted by Crippen LogP contribution is -2.36. The standard InChI is InChI=1S/C12H16FN3O4/c1-14(2)5-6-15(8-12(17)18)10-4-3-9(13)7-11(10)16(19)20/h3-4,7H,5-6,8H2,1-2H3,(H,17,18). The second kappa shape index (κ2) is 6.80. The minimum atomic E-state index is -1.11. The molecule has 0 aliphatic heterocycles. The lowest BCUT2D eigenvalue weighted by molar-refractivity contribution is -0.384. The van der Waals surface area contributed by atoms with E-state index in [9.17, 15) is 19.3 Å². The molecule has 0 spiro atoms. The third-order valence-electron chi connectivity index (χ3n) is 2.62. The molecule has 0 saturated carbocycles. The fourth-order valence-corrected chi connectivity index (χ4v) is 1.68. The first kappa shape index (κ1) is 15.8. The monoisotopic (exact) mass is 285 g/mol. The molecule has 0 saturated heterocycles. The molecule has 110 valence electrons. The number of benzene rings is 1. The van der Waals surface area contributed by atoms with E-state index in [4.69, 9.17) is 5.11 Å². The van der Waals surface area contributed by atoms with E-state index in [1.54, 1.807) is 14.1 Å². The Labute approximate surface area is 115 Å². The van der Waals surface area contributed by atoms with Gasteiger partial charge in [-0.15, -0.1) is 0 Å². The number of aliphatic carboxylic acids is 1. The first-order valence-electron chi connectivity index (χ1n) is 5.86. The maximum atomic E-state index is 13.1. The van der Waals surface area contributed by atoms with Crippen LogP contribution in [0.25, 0.3) is 0 Å². The van der Waals surface area contributed by atoms with Crippen LogP contribution in [0.5, 0.6) is 0 Å². The van der Waals surface area contributed by atoms with E-state index in [0.29, 0.717) is 6.54 Å². The van der Waals surface area contributed by atoms with E-state index in [-0.39, 0.29) is 18.8 Å². The molecule has 7 nitrogen and oxygen atoms in total. The number of carboxylic acids is 1. The van der Waals surface area contributed by atoms with Crippen molar-refractivity contribution < 1.29 is 19.2 Å². The van der Waals surface area contributed by atoms with Gasteiger partial charge in [-0.1, -0.05) is 0 Å². The smallest absolute Gasteiger partial charge is 0.323 e. The summed E-state index contributed by atoms with van der Waals surface area (Å²) >= 11 is 0. The van der Waals surface area contributed by atoms with Crippen molar-refractivity contribution in [2.75, 3.05) is 38.6 Å². The summed E-state index contributed by atoms with van der Waals surface area (Å²) in [5.41, 5.74) is -0.342. The Bertz CT molecular complexity index is 507. The fraction of sp³-hybridized carbons (Fsp3) is 0.417. The van der Waals surface area contributed by atoms with E-state index < -0.39 is 22.4 Å². The van der Waals surface area contributed by atoms with Crippen LogP contribution in [0.1, 0.15) is 0 Å². The highest BCUT2D eigenvalue weighted by Gasteiger charge is 2.22. The topological polar surface area (TPSA) is 86.9 Å². The van der Waals surface area contributed by atoms with Gasteiger partial charge in [0.1, 0.15) is 18.0 Å². The third kappa shape index (κ3) is 4.47. The molecule has 0 atom stereocenters. The van der Waals surface area contributed by atoms with Crippen molar-refractivity contribution in [2.24, 2.45) is 0 Å². The highest BCUT2D eigenvalue weighted by atomic mass is 19.1. The van der Waals surface area contributed by atoms with Crippen molar-refractivity contribution in [1.82, 2.24) is 4.90 Å². The van der Waals surface area contributed by atoms with Crippen LogP contribution in [-0.2, 0) is 4.79 Å². The predicted octanol–water partition coefficient (Wildman–Crippen LogP) is 1.19. The van der Waals surface area contributed by atoms with Gasteiger partial charge in [0.15, 0.2) is 0 Å². The number of carbonyl (C=O) groups is 1. The molecule has 8 heteroatoms. The van der Waals surface area contributed by atoms with Gasteiger partial charge >= 0.3 is 5.97 Å². The van der Waals surface area contributed by atoms with Crippen LogP contribution in [-0.4, -0.2) is 54.6 Å². The van der Waals surface area contributed by atoms with Gasteiger partial charge in [-0.2, -0.15) is 0 Å². The number of rotatable bonds is 7. The Kier molecular flexibility index (Phi) is 5.39. The summed E-state index contributed by atoms with van der Waals surface area (Å²) in [6.07, 6.45) is 0. The number of nitrogens with zero attached hydrogens (tertiary/aromatic N) is 3. The van der Waals surface area contributed by atoms with Crippen LogP contribution >= 0.6 is 0 Å². The quantitative estimate of drug-likeness (QED) is 0.598. The van der Waals surface area contributed by atoms with Crippen molar-refractivity contribution in [3.63, 3.8) is 0 Å². The van der Waals surface area contributed by atoms with E-state index in [0.717, 1.165) is 12.1 Å². The molecule has 0 bridgehead atoms. The maximum absolute atomic E-state index is 13.1. The van der Waals surface area contributed by atoms with Crippen molar-refractivity contribution >= 4 is 17.3 Å². The number of halogens is 1. The highest BCUT2D eigenvalue weighted by Crippen LogP contribution is 2.28. The fourth-order valence-electron chi connectivity index (χ4n) is 1.68. The van der Waals surface area contributed by atoms with Crippen LogP contribution in [0.2, 0.25) is 0 Å². The molecule has 0 amide bonds. The largest absolute Gasteiger partial charge is 0.480 e. The Morgan fingerprint density at radius 1 is 1.40 bits per heavy atom. The molecule has 0 aromatic heterocycles. The molecular weight excluding hydrogens is 269 g/mol. The number of carboxylic acid groups (broad SMARTS) is 1. The Morgan fingerprint density at radius 3 is 2.55 bits per heavy atom. The molecule has 1 aromatic carbocycles. The normalized spacial score (nSPS) is 10.6. The van der Waals surface area contributed by atoms with Crippen LogP contribution in [0.4, 0.5) is 15.8 Å². The molecule has 1 aromatic rings. The number of hydrogen-bond acceptors (Lipinski definition) is 5. The number of nitro benzene ring substituents is 1. The van der Waals surface area contributed by atoms with Crippen molar-refractivity contribution in [3.8, 4) is 0 Å². The van der Waals surface area contributed by atoms with Gasteiger partial charge in [-0.05, 0) is 26.2 Å². The third-order valence-corrected chi connectivity index (χ3v) is 2.62. The Hall–Kier alpha value is -2.22. The first-order chi connectivity index (χ1) is 9.31. The van der Waals surface area contributed by atoms with E-state index >= 15 is 0 Å². The molecular formula is C12H16FN3O4. The molecule has 0 radical (unpaired) electrons. The zero-order valence-electron chi connectivity index (χ0n) is 11.2. The van der Waals surface area contributed by atoms with Crippen molar-refractivity contribution in [3.05, 3.63) is 34.1 Å². The highest BCUT2D eigenvalue weighted by molar-refractivity contribution is 5.76. The van der Waals surface area contributed by atoms with Gasteiger partial charge in [0.05, 0.1) is 11.0 Å². The van der Waals surface area contributed by atoms with Crippen molar-refractivity contribution in [2.45, 2.75) is 0 Å². The van der Waals surface area contributed by atoms with Crippen LogP contribution in [0.3, 0.4) is 0 Å². The molecule has 20 heavy (non-hydrogen) atoms. The van der Waals surface area contributed by atoms with E-state index in [1.807, 2.05) is 4.90 Å². The molecule has 0 aliphatic rings. The minimum Gasteiger partial charge on any atom is -0.480 e. The lowest BCUT2D eigenvalue weighted by Gasteiger charge is -2.24. The molecule has 1 N–H and O–H groups in total. The lowest BCUT2D eigenvalue weighted by atomic mass is 10.2. The van der Waals surface area contributed by atoms with Gasteiger partial charge in [0, 0.05) is 13.1 Å². The SMILES string of the molecule is CN(C)CCN(CC(=O)O)c1ccc(F)cc1[N+](=O)[O-]. The summed E-state index contributed by atoms with van der Waals surface area (Å²) in [5, 5.41) is 19.9. The zero-order chi connectivity index (χ0) is 15.3. The van der Waals surface area contributed by atoms with Gasteiger partial charge < -0.3 is 14.9 Å². The van der Waals surface area contributed by atoms with Gasteiger partial charge in [-0.25, -0.2) is 4.39 Å². The Morgan fingerprint density at radius 2 is 2.05 bits per heavy atom. The summed E-state index contributed by atoms with van der Waals surface area (Å²) in [4.78, 5) is 24.3. The maximum Gasteiger partial charge on any atom is 0.323 e. The number of anilines is 1. The molecule has 0 unspecified atom stereocenters. The molecule has 1 rings (SSSR count). The average molecular weight is 285 g/mol. The molecule has 0 heterocycles. The van der Waals surface area contributed by atoms with E-state index in [2.05, 4.69) is 0 Å². The van der Waals surface area contributed by atoms with Crippen LogP contribution in [0, 0.1) is 15.9 Å². The predicted molar refractivity (Wildman–Crippen MR) is 71.5 cm³/mol. The number of hydrogen-bond donors (Lipinski definition) is 1. The summed E-state index contributed by atoms with van der Waals surface area (Å²) < 4.78 is 13.1. The van der Waals surface area contributed by atoms with Crippen molar-refractivity contribution in [1.29, 1.82) is 0 Å². The van der Waals surface area contributed by atoms with E-state index in [1.165, 1.54) is 11.0 Å². The Balaban J connectivity index is 3.11. The molecule has 0 aliphatic carbocycles. The summed E-state index contributed by atoms with van der Waals surface area (Å²) in [6.45, 7) is 0.411. The number of nitro groups is 1. The summed E-state index contributed by atoms with van der Waals surface area (Å²) in [5.74, 6) is -1.84. The second-order valence-electron chi connectivity index (χ2n) is 4.51. The minimum absolute atomic E-state index is 0.0978. The van der Waals surface area contributed by atoms with Gasteiger partial charge in [0.25, 0.3) is 5.69 Å². The van der Waals surface area contributed by atoms with Crippen LogP contribution in [0.15, 0.2) is 18.2 Å². The first-order valence-corrected chi connectivity index (χ1v) is 5.86. The van der Waals surface area contributed by atoms with Gasteiger partial charge in [-0.3, -0.25) is 14.9 Å². The van der Waals surface area contributed by atoms with Gasteiger partial charge in [0.2, 0.25) is 0 Å². The second-order valence-corrected chi connectivity index (χ2v) is 4.51. The zero-order valence-corrected chi connectivity index (χ0v) is 11.2.